The number of aryl methyl sites for hydroxylation is 1. The third-order valence-electron chi connectivity index (χ3n) is 4.34. The van der Waals surface area contributed by atoms with E-state index in [4.69, 9.17) is 17.3 Å². The molecule has 0 heterocycles. The first-order valence-electron chi connectivity index (χ1n) is 7.28. The summed E-state index contributed by atoms with van der Waals surface area (Å²) in [7, 11) is 1.87. The van der Waals surface area contributed by atoms with Gasteiger partial charge in [0.05, 0.1) is 10.6 Å². The van der Waals surface area contributed by atoms with Crippen molar-refractivity contribution < 1.29 is 4.79 Å². The fraction of sp³-hybridized carbons (Fsp3) is 0.562. The molecule has 2 unspecified atom stereocenters. The number of halogens is 1. The van der Waals surface area contributed by atoms with Crippen molar-refractivity contribution in [3.8, 4) is 0 Å². The van der Waals surface area contributed by atoms with Gasteiger partial charge in [-0.3, -0.25) is 4.79 Å². The molecule has 0 bridgehead atoms. The Labute approximate surface area is 126 Å². The fourth-order valence-corrected chi connectivity index (χ4v) is 3.42. The van der Waals surface area contributed by atoms with Crippen LogP contribution in [0.25, 0.3) is 0 Å². The predicted molar refractivity (Wildman–Crippen MR) is 83.1 cm³/mol. The summed E-state index contributed by atoms with van der Waals surface area (Å²) in [5.74, 6) is 0.405. The molecule has 1 aromatic rings. The van der Waals surface area contributed by atoms with E-state index in [1.807, 2.05) is 37.1 Å². The minimum absolute atomic E-state index is 0.000324. The Balaban J connectivity index is 2.18. The van der Waals surface area contributed by atoms with Crippen LogP contribution in [-0.4, -0.2) is 30.4 Å². The van der Waals surface area contributed by atoms with E-state index in [-0.39, 0.29) is 11.9 Å². The van der Waals surface area contributed by atoms with E-state index < -0.39 is 0 Å². The molecular weight excluding hydrogens is 272 g/mol. The summed E-state index contributed by atoms with van der Waals surface area (Å²) in [4.78, 5) is 14.5. The van der Waals surface area contributed by atoms with Gasteiger partial charge in [0.1, 0.15) is 0 Å². The molecule has 0 radical (unpaired) electrons. The number of nitrogens with zero attached hydrogens (tertiary/aromatic N) is 1. The van der Waals surface area contributed by atoms with Crippen LogP contribution in [0.15, 0.2) is 18.2 Å². The van der Waals surface area contributed by atoms with Crippen molar-refractivity contribution in [2.24, 2.45) is 11.7 Å². The molecule has 2 atom stereocenters. The Hall–Kier alpha value is -1.06. The third-order valence-corrected chi connectivity index (χ3v) is 4.66. The van der Waals surface area contributed by atoms with Crippen molar-refractivity contribution in [2.75, 3.05) is 13.6 Å². The van der Waals surface area contributed by atoms with Crippen LogP contribution in [0.5, 0.6) is 0 Å². The third kappa shape index (κ3) is 3.15. The first-order chi connectivity index (χ1) is 9.54. The van der Waals surface area contributed by atoms with E-state index >= 15 is 0 Å². The van der Waals surface area contributed by atoms with E-state index in [1.165, 1.54) is 12.8 Å². The number of hydrogen-bond donors (Lipinski definition) is 1. The van der Waals surface area contributed by atoms with Crippen LogP contribution in [0.3, 0.4) is 0 Å². The van der Waals surface area contributed by atoms with Crippen LogP contribution in [-0.2, 0) is 0 Å². The predicted octanol–water partition coefficient (Wildman–Crippen LogP) is 3.24. The Kier molecular flexibility index (Phi) is 5.06. The highest BCUT2D eigenvalue weighted by atomic mass is 35.5. The number of rotatable bonds is 3. The monoisotopic (exact) mass is 294 g/mol. The molecule has 3 nitrogen and oxygen atoms in total. The summed E-state index contributed by atoms with van der Waals surface area (Å²) in [5, 5.41) is 0.530. The maximum atomic E-state index is 12.6. The van der Waals surface area contributed by atoms with Crippen LogP contribution in [0.1, 0.15) is 41.6 Å². The van der Waals surface area contributed by atoms with Gasteiger partial charge >= 0.3 is 0 Å². The van der Waals surface area contributed by atoms with E-state index in [2.05, 4.69) is 0 Å². The van der Waals surface area contributed by atoms with Crippen molar-refractivity contribution in [2.45, 2.75) is 38.6 Å². The molecule has 1 amide bonds. The summed E-state index contributed by atoms with van der Waals surface area (Å²) in [5.41, 5.74) is 7.50. The lowest BCUT2D eigenvalue weighted by Crippen LogP contribution is -2.46. The first kappa shape index (κ1) is 15.3. The minimum atomic E-state index is 0.000324. The van der Waals surface area contributed by atoms with Crippen molar-refractivity contribution in [3.05, 3.63) is 34.3 Å². The molecular formula is C16H23ClN2O. The van der Waals surface area contributed by atoms with E-state index in [1.54, 1.807) is 0 Å². The molecule has 1 aliphatic rings. The molecule has 2 rings (SSSR count). The van der Waals surface area contributed by atoms with Crippen LogP contribution in [0.4, 0.5) is 0 Å². The van der Waals surface area contributed by atoms with Crippen LogP contribution < -0.4 is 5.73 Å². The summed E-state index contributed by atoms with van der Waals surface area (Å²) in [6, 6.07) is 5.81. The maximum absolute atomic E-state index is 12.6. The van der Waals surface area contributed by atoms with Crippen LogP contribution in [0, 0.1) is 12.8 Å². The van der Waals surface area contributed by atoms with Gasteiger partial charge in [0.2, 0.25) is 0 Å². The topological polar surface area (TPSA) is 46.3 Å². The average Bonchev–Trinajstić information content (AvgIpc) is 2.45. The number of carbonyl (C=O) groups excluding carboxylic acids is 1. The molecule has 1 fully saturated rings. The van der Waals surface area contributed by atoms with Crippen LogP contribution in [0.2, 0.25) is 5.02 Å². The second kappa shape index (κ2) is 6.59. The Morgan fingerprint density at radius 1 is 1.40 bits per heavy atom. The quantitative estimate of drug-likeness (QED) is 0.930. The normalized spacial score (nSPS) is 22.6. The number of amides is 1. The number of benzene rings is 1. The highest BCUT2D eigenvalue weighted by molar-refractivity contribution is 6.33. The molecule has 1 saturated carbocycles. The van der Waals surface area contributed by atoms with Gasteiger partial charge < -0.3 is 10.6 Å². The van der Waals surface area contributed by atoms with Gasteiger partial charge in [0.25, 0.3) is 5.91 Å². The van der Waals surface area contributed by atoms with Crippen molar-refractivity contribution in [3.63, 3.8) is 0 Å². The van der Waals surface area contributed by atoms with Gasteiger partial charge in [0, 0.05) is 13.1 Å². The van der Waals surface area contributed by atoms with Gasteiger partial charge in [-0.25, -0.2) is 0 Å². The standard InChI is InChI=1S/C16H23ClN2O/c1-11-7-8-13(14(17)9-11)16(20)19(2)15-6-4-3-5-12(15)10-18/h7-9,12,15H,3-6,10,18H2,1-2H3. The number of hydrogen-bond acceptors (Lipinski definition) is 2. The van der Waals surface area contributed by atoms with Gasteiger partial charge in [-0.05, 0) is 49.9 Å². The second-order valence-electron chi connectivity index (χ2n) is 5.75. The zero-order valence-electron chi connectivity index (χ0n) is 12.2. The van der Waals surface area contributed by atoms with Gasteiger partial charge in [-0.2, -0.15) is 0 Å². The summed E-state index contributed by atoms with van der Waals surface area (Å²) >= 11 is 6.21. The summed E-state index contributed by atoms with van der Waals surface area (Å²) in [6.45, 7) is 2.61. The Bertz CT molecular complexity index is 489. The van der Waals surface area contributed by atoms with Gasteiger partial charge in [-0.15, -0.1) is 0 Å². The number of carbonyl (C=O) groups is 1. The lowest BCUT2D eigenvalue weighted by Gasteiger charge is -2.37. The maximum Gasteiger partial charge on any atom is 0.255 e. The van der Waals surface area contributed by atoms with Crippen molar-refractivity contribution >= 4 is 17.5 Å². The molecule has 20 heavy (non-hydrogen) atoms. The smallest absolute Gasteiger partial charge is 0.255 e. The molecule has 4 heteroatoms. The molecule has 1 aromatic carbocycles. The highest BCUT2D eigenvalue weighted by Gasteiger charge is 2.30. The van der Waals surface area contributed by atoms with Crippen molar-refractivity contribution in [1.82, 2.24) is 4.90 Å². The van der Waals surface area contributed by atoms with E-state index in [0.29, 0.717) is 23.0 Å². The molecule has 0 spiro atoms. The van der Waals surface area contributed by atoms with Gasteiger partial charge in [-0.1, -0.05) is 30.5 Å². The van der Waals surface area contributed by atoms with Gasteiger partial charge in [0.15, 0.2) is 0 Å². The molecule has 2 N–H and O–H groups in total. The summed E-state index contributed by atoms with van der Waals surface area (Å²) < 4.78 is 0. The van der Waals surface area contributed by atoms with E-state index in [0.717, 1.165) is 18.4 Å². The highest BCUT2D eigenvalue weighted by Crippen LogP contribution is 2.29. The second-order valence-corrected chi connectivity index (χ2v) is 6.15. The Morgan fingerprint density at radius 2 is 2.10 bits per heavy atom. The fourth-order valence-electron chi connectivity index (χ4n) is 3.11. The average molecular weight is 295 g/mol. The van der Waals surface area contributed by atoms with Crippen LogP contribution >= 0.6 is 11.6 Å². The Morgan fingerprint density at radius 3 is 2.75 bits per heavy atom. The molecule has 1 aliphatic carbocycles. The minimum Gasteiger partial charge on any atom is -0.338 e. The molecule has 0 saturated heterocycles. The molecule has 0 aromatic heterocycles. The molecule has 0 aliphatic heterocycles. The van der Waals surface area contributed by atoms with Crippen molar-refractivity contribution in [1.29, 1.82) is 0 Å². The summed E-state index contributed by atoms with van der Waals surface area (Å²) in [6.07, 6.45) is 4.53. The lowest BCUT2D eigenvalue weighted by molar-refractivity contribution is 0.0620. The van der Waals surface area contributed by atoms with E-state index in [9.17, 15) is 4.79 Å². The zero-order valence-corrected chi connectivity index (χ0v) is 13.0. The SMILES string of the molecule is Cc1ccc(C(=O)N(C)C2CCCCC2CN)c(Cl)c1. The largest absolute Gasteiger partial charge is 0.338 e. The zero-order chi connectivity index (χ0) is 14.7. The number of nitrogens with two attached hydrogens (primary N) is 1. The lowest BCUT2D eigenvalue weighted by atomic mass is 9.83. The molecule has 110 valence electrons. The first-order valence-corrected chi connectivity index (χ1v) is 7.65.